The van der Waals surface area contributed by atoms with Gasteiger partial charge in [-0.15, -0.1) is 0 Å². The van der Waals surface area contributed by atoms with Crippen LogP contribution in [-0.4, -0.2) is 4.99 Å². The number of thiocarbonyl (C=S) groups is 1. The first kappa shape index (κ1) is 15.4. The number of anilines is 2. The fourth-order valence-corrected chi connectivity index (χ4v) is 2.25. The van der Waals surface area contributed by atoms with Gasteiger partial charge in [0.25, 0.3) is 0 Å². The highest BCUT2D eigenvalue weighted by molar-refractivity contribution is 7.80. The maximum atomic E-state index is 14.1. The predicted octanol–water partition coefficient (Wildman–Crippen LogP) is 4.47. The van der Waals surface area contributed by atoms with Crippen molar-refractivity contribution in [3.05, 3.63) is 59.2 Å². The Morgan fingerprint density at radius 2 is 1.71 bits per heavy atom. The van der Waals surface area contributed by atoms with E-state index in [-0.39, 0.29) is 22.2 Å². The SMILES string of the molecule is CC(C)c1ccccc1Nc1ccc(C(N)=S)c(F)c1F. The van der Waals surface area contributed by atoms with E-state index in [0.717, 1.165) is 11.3 Å². The molecule has 2 nitrogen and oxygen atoms in total. The third-order valence-corrected chi connectivity index (χ3v) is 3.42. The molecule has 3 N–H and O–H groups in total. The van der Waals surface area contributed by atoms with Gasteiger partial charge in [-0.3, -0.25) is 0 Å². The van der Waals surface area contributed by atoms with Gasteiger partial charge in [0, 0.05) is 11.3 Å². The van der Waals surface area contributed by atoms with Gasteiger partial charge in [0.2, 0.25) is 0 Å². The summed E-state index contributed by atoms with van der Waals surface area (Å²) in [5, 5.41) is 2.93. The van der Waals surface area contributed by atoms with Gasteiger partial charge in [-0.1, -0.05) is 44.3 Å². The van der Waals surface area contributed by atoms with Crippen LogP contribution in [0.4, 0.5) is 20.2 Å². The number of hydrogen-bond donors (Lipinski definition) is 2. The molecule has 0 radical (unpaired) electrons. The zero-order valence-corrected chi connectivity index (χ0v) is 12.6. The minimum Gasteiger partial charge on any atom is -0.389 e. The summed E-state index contributed by atoms with van der Waals surface area (Å²) in [4.78, 5) is -0.166. The van der Waals surface area contributed by atoms with Gasteiger partial charge in [-0.2, -0.15) is 0 Å². The number of halogens is 2. The number of rotatable bonds is 4. The Labute approximate surface area is 128 Å². The van der Waals surface area contributed by atoms with Crippen molar-refractivity contribution in [1.82, 2.24) is 0 Å². The molecule has 0 bridgehead atoms. The van der Waals surface area contributed by atoms with Gasteiger partial charge in [0.05, 0.1) is 5.69 Å². The predicted molar refractivity (Wildman–Crippen MR) is 86.1 cm³/mol. The van der Waals surface area contributed by atoms with Gasteiger partial charge in [-0.25, -0.2) is 8.78 Å². The zero-order chi connectivity index (χ0) is 15.6. The van der Waals surface area contributed by atoms with E-state index in [1.165, 1.54) is 12.1 Å². The van der Waals surface area contributed by atoms with Gasteiger partial charge in [-0.05, 0) is 29.7 Å². The maximum absolute atomic E-state index is 14.1. The van der Waals surface area contributed by atoms with Crippen LogP contribution < -0.4 is 11.1 Å². The van der Waals surface area contributed by atoms with Gasteiger partial charge in [0.1, 0.15) is 4.99 Å². The number of para-hydroxylation sites is 1. The quantitative estimate of drug-likeness (QED) is 0.819. The standard InChI is InChI=1S/C16H16F2N2S/c1-9(2)10-5-3-4-6-12(10)20-13-8-7-11(16(19)21)14(17)15(13)18/h3-9,20H,1-2H3,(H2,19,21). The van der Waals surface area contributed by atoms with E-state index in [0.29, 0.717) is 0 Å². The zero-order valence-electron chi connectivity index (χ0n) is 11.8. The van der Waals surface area contributed by atoms with Gasteiger partial charge >= 0.3 is 0 Å². The van der Waals surface area contributed by atoms with Gasteiger partial charge in [0.15, 0.2) is 11.6 Å². The second-order valence-electron chi connectivity index (χ2n) is 5.02. The molecule has 0 aliphatic rings. The molecule has 21 heavy (non-hydrogen) atoms. The Hall–Kier alpha value is -2.01. The molecule has 0 fully saturated rings. The topological polar surface area (TPSA) is 38.0 Å². The smallest absolute Gasteiger partial charge is 0.182 e. The monoisotopic (exact) mass is 306 g/mol. The third kappa shape index (κ3) is 3.19. The minimum atomic E-state index is -1.03. The molecule has 0 amide bonds. The molecule has 2 aromatic carbocycles. The van der Waals surface area contributed by atoms with Crippen molar-refractivity contribution in [2.75, 3.05) is 5.32 Å². The van der Waals surface area contributed by atoms with Crippen LogP contribution in [0, 0.1) is 11.6 Å². The van der Waals surface area contributed by atoms with Crippen LogP contribution >= 0.6 is 12.2 Å². The van der Waals surface area contributed by atoms with Crippen molar-refractivity contribution in [3.8, 4) is 0 Å². The number of benzene rings is 2. The molecular formula is C16H16F2N2S. The van der Waals surface area contributed by atoms with Crippen molar-refractivity contribution >= 4 is 28.6 Å². The van der Waals surface area contributed by atoms with E-state index in [1.807, 2.05) is 38.1 Å². The highest BCUT2D eigenvalue weighted by atomic mass is 32.1. The summed E-state index contributed by atoms with van der Waals surface area (Å²) in [5.41, 5.74) is 7.09. The molecule has 0 unspecified atom stereocenters. The molecule has 0 aliphatic carbocycles. The first-order valence-electron chi connectivity index (χ1n) is 6.55. The van der Waals surface area contributed by atoms with Crippen LogP contribution in [0.5, 0.6) is 0 Å². The fraction of sp³-hybridized carbons (Fsp3) is 0.188. The second-order valence-corrected chi connectivity index (χ2v) is 5.46. The van der Waals surface area contributed by atoms with Crippen LogP contribution in [0.1, 0.15) is 30.9 Å². The molecule has 0 saturated carbocycles. The minimum absolute atomic E-state index is 0.0561. The number of nitrogens with two attached hydrogens (primary N) is 1. The van der Waals surface area contributed by atoms with Gasteiger partial charge < -0.3 is 11.1 Å². The second kappa shape index (κ2) is 6.18. The normalized spacial score (nSPS) is 10.7. The molecule has 110 valence electrons. The largest absolute Gasteiger partial charge is 0.389 e. The van der Waals surface area contributed by atoms with Crippen molar-refractivity contribution in [3.63, 3.8) is 0 Å². The summed E-state index contributed by atoms with van der Waals surface area (Å²) >= 11 is 4.69. The van der Waals surface area contributed by atoms with Crippen molar-refractivity contribution < 1.29 is 8.78 Å². The van der Waals surface area contributed by atoms with Crippen molar-refractivity contribution in [2.45, 2.75) is 19.8 Å². The lowest BCUT2D eigenvalue weighted by Crippen LogP contribution is -2.13. The lowest BCUT2D eigenvalue weighted by atomic mass is 10.0. The first-order chi connectivity index (χ1) is 9.91. The first-order valence-corrected chi connectivity index (χ1v) is 6.96. The molecule has 2 aromatic rings. The maximum Gasteiger partial charge on any atom is 0.182 e. The molecule has 0 aromatic heterocycles. The lowest BCUT2D eigenvalue weighted by molar-refractivity contribution is 0.510. The Kier molecular flexibility index (Phi) is 4.53. The van der Waals surface area contributed by atoms with E-state index in [9.17, 15) is 8.78 Å². The Balaban J connectivity index is 2.42. The molecule has 5 heteroatoms. The number of nitrogens with one attached hydrogen (secondary N) is 1. The van der Waals surface area contributed by atoms with E-state index >= 15 is 0 Å². The fourth-order valence-electron chi connectivity index (χ4n) is 2.10. The summed E-state index contributed by atoms with van der Waals surface area (Å²) in [7, 11) is 0. The van der Waals surface area contributed by atoms with Crippen LogP contribution in [0.15, 0.2) is 36.4 Å². The van der Waals surface area contributed by atoms with E-state index in [1.54, 1.807) is 0 Å². The molecule has 2 rings (SSSR count). The van der Waals surface area contributed by atoms with Crippen LogP contribution in [0.2, 0.25) is 0 Å². The lowest BCUT2D eigenvalue weighted by Gasteiger charge is -2.15. The molecule has 0 spiro atoms. The average molecular weight is 306 g/mol. The Bertz CT molecular complexity index is 684. The highest BCUT2D eigenvalue weighted by Crippen LogP contribution is 2.29. The van der Waals surface area contributed by atoms with Crippen LogP contribution in [0.25, 0.3) is 0 Å². The summed E-state index contributed by atoms with van der Waals surface area (Å²) in [6.45, 7) is 4.07. The summed E-state index contributed by atoms with van der Waals surface area (Å²) in [6.07, 6.45) is 0. The van der Waals surface area contributed by atoms with Crippen molar-refractivity contribution in [2.24, 2.45) is 5.73 Å². The van der Waals surface area contributed by atoms with E-state index in [4.69, 9.17) is 5.73 Å². The molecule has 0 heterocycles. The average Bonchev–Trinajstić information content (AvgIpc) is 2.44. The highest BCUT2D eigenvalue weighted by Gasteiger charge is 2.16. The Morgan fingerprint density at radius 3 is 2.33 bits per heavy atom. The van der Waals surface area contributed by atoms with Crippen molar-refractivity contribution in [1.29, 1.82) is 0 Å². The molecule has 0 atom stereocenters. The van der Waals surface area contributed by atoms with Crippen LogP contribution in [-0.2, 0) is 0 Å². The third-order valence-electron chi connectivity index (χ3n) is 3.20. The molecule has 0 saturated heterocycles. The van der Waals surface area contributed by atoms with Crippen LogP contribution in [0.3, 0.4) is 0 Å². The summed E-state index contributed by atoms with van der Waals surface area (Å²) < 4.78 is 28.0. The van der Waals surface area contributed by atoms with E-state index < -0.39 is 11.6 Å². The number of hydrogen-bond acceptors (Lipinski definition) is 2. The Morgan fingerprint density at radius 1 is 1.05 bits per heavy atom. The molecule has 0 aliphatic heterocycles. The summed E-state index contributed by atoms with van der Waals surface area (Å²) in [6, 6.07) is 10.3. The van der Waals surface area contributed by atoms with E-state index in [2.05, 4.69) is 17.5 Å². The summed E-state index contributed by atoms with van der Waals surface area (Å²) in [5.74, 6) is -1.76. The molecular weight excluding hydrogens is 290 g/mol.